The lowest BCUT2D eigenvalue weighted by molar-refractivity contribution is 0.0974. The summed E-state index contributed by atoms with van der Waals surface area (Å²) in [6.45, 7) is 2.84. The summed E-state index contributed by atoms with van der Waals surface area (Å²) in [4.78, 5) is 12.0. The highest BCUT2D eigenvalue weighted by Gasteiger charge is 2.23. The van der Waals surface area contributed by atoms with Crippen LogP contribution in [0.25, 0.3) is 0 Å². The van der Waals surface area contributed by atoms with Gasteiger partial charge in [-0.2, -0.15) is 0 Å². The van der Waals surface area contributed by atoms with Crippen LogP contribution < -0.4 is 10.5 Å². The maximum atomic E-state index is 12.0. The van der Waals surface area contributed by atoms with Crippen molar-refractivity contribution in [3.8, 4) is 5.75 Å². The van der Waals surface area contributed by atoms with Gasteiger partial charge in [-0.25, -0.2) is 0 Å². The van der Waals surface area contributed by atoms with Gasteiger partial charge < -0.3 is 10.5 Å². The third-order valence-corrected chi connectivity index (χ3v) is 3.53. The van der Waals surface area contributed by atoms with Crippen LogP contribution in [0.15, 0.2) is 24.3 Å². The van der Waals surface area contributed by atoms with Crippen molar-refractivity contribution in [3.63, 3.8) is 0 Å². The van der Waals surface area contributed by atoms with Gasteiger partial charge in [-0.05, 0) is 62.4 Å². The second-order valence-electron chi connectivity index (χ2n) is 5.49. The fourth-order valence-corrected chi connectivity index (χ4v) is 2.05. The van der Waals surface area contributed by atoms with Crippen LogP contribution in [-0.2, 0) is 0 Å². The van der Waals surface area contributed by atoms with Crippen molar-refractivity contribution in [1.82, 2.24) is 0 Å². The molecule has 0 heterocycles. The number of benzene rings is 1. The Bertz CT molecular complexity index is 409. The van der Waals surface area contributed by atoms with Crippen molar-refractivity contribution >= 4 is 5.78 Å². The van der Waals surface area contributed by atoms with Gasteiger partial charge in [0.05, 0.1) is 6.10 Å². The molecule has 2 rings (SSSR count). The first-order chi connectivity index (χ1) is 9.19. The van der Waals surface area contributed by atoms with Crippen LogP contribution >= 0.6 is 0 Å². The third-order valence-electron chi connectivity index (χ3n) is 3.53. The van der Waals surface area contributed by atoms with Gasteiger partial charge in [0.25, 0.3) is 0 Å². The van der Waals surface area contributed by atoms with Gasteiger partial charge >= 0.3 is 0 Å². The molecule has 0 aliphatic heterocycles. The molecule has 0 saturated heterocycles. The minimum atomic E-state index is 0.210. The molecule has 1 unspecified atom stereocenters. The van der Waals surface area contributed by atoms with E-state index in [1.54, 1.807) is 0 Å². The third kappa shape index (κ3) is 4.67. The lowest BCUT2D eigenvalue weighted by Crippen LogP contribution is -2.08. The maximum absolute atomic E-state index is 12.0. The number of nitrogens with two attached hydrogens (primary N) is 1. The molecule has 0 amide bonds. The zero-order chi connectivity index (χ0) is 13.7. The monoisotopic (exact) mass is 261 g/mol. The van der Waals surface area contributed by atoms with Crippen LogP contribution in [0.1, 0.15) is 49.4 Å². The normalized spacial score (nSPS) is 16.1. The minimum Gasteiger partial charge on any atom is -0.490 e. The number of carbonyl (C=O) groups excluding carboxylic acids is 1. The lowest BCUT2D eigenvalue weighted by atomic mass is 9.97. The fraction of sp³-hybridized carbons (Fsp3) is 0.562. The molecule has 1 atom stereocenters. The van der Waals surface area contributed by atoms with Crippen molar-refractivity contribution in [1.29, 1.82) is 0 Å². The molecule has 0 spiro atoms. The Morgan fingerprint density at radius 1 is 1.32 bits per heavy atom. The predicted octanol–water partition coefficient (Wildman–Crippen LogP) is 3.18. The van der Waals surface area contributed by atoms with Gasteiger partial charge in [-0.15, -0.1) is 0 Å². The summed E-state index contributed by atoms with van der Waals surface area (Å²) in [6, 6.07) is 7.53. The number of carbonyl (C=O) groups is 1. The molecule has 0 bridgehead atoms. The van der Waals surface area contributed by atoms with E-state index in [2.05, 4.69) is 6.92 Å². The molecule has 0 aromatic heterocycles. The molecule has 1 aliphatic carbocycles. The SMILES string of the molecule is CC(CCN)CCC(=O)c1ccc(OC2CC2)cc1. The van der Waals surface area contributed by atoms with Crippen molar-refractivity contribution in [2.75, 3.05) is 6.54 Å². The standard InChI is InChI=1S/C16H23NO2/c1-12(10-11-17)2-9-16(18)13-3-5-14(6-4-13)19-15-7-8-15/h3-6,12,15H,2,7-11,17H2,1H3. The van der Waals surface area contributed by atoms with E-state index in [-0.39, 0.29) is 5.78 Å². The first-order valence-corrected chi connectivity index (χ1v) is 7.19. The molecule has 104 valence electrons. The Hall–Kier alpha value is -1.35. The fourth-order valence-electron chi connectivity index (χ4n) is 2.05. The second kappa shape index (κ2) is 6.71. The number of Topliss-reactive ketones (excluding diaryl/α,β-unsaturated/α-hetero) is 1. The summed E-state index contributed by atoms with van der Waals surface area (Å²) in [5.41, 5.74) is 6.29. The molecular formula is C16H23NO2. The Balaban J connectivity index is 1.81. The van der Waals surface area contributed by atoms with Crippen molar-refractivity contribution < 1.29 is 9.53 Å². The van der Waals surface area contributed by atoms with Crippen molar-refractivity contribution in [2.45, 2.75) is 45.1 Å². The van der Waals surface area contributed by atoms with Gasteiger partial charge in [0, 0.05) is 12.0 Å². The van der Waals surface area contributed by atoms with Gasteiger partial charge in [0.15, 0.2) is 5.78 Å². The molecule has 1 aromatic carbocycles. The molecule has 19 heavy (non-hydrogen) atoms. The highest BCUT2D eigenvalue weighted by atomic mass is 16.5. The Morgan fingerprint density at radius 2 is 2.00 bits per heavy atom. The average Bonchev–Trinajstić information content (AvgIpc) is 3.21. The summed E-state index contributed by atoms with van der Waals surface area (Å²) in [5.74, 6) is 1.60. The van der Waals surface area contributed by atoms with Crippen LogP contribution in [0.5, 0.6) is 5.75 Å². The second-order valence-corrected chi connectivity index (χ2v) is 5.49. The summed E-state index contributed by atoms with van der Waals surface area (Å²) in [7, 11) is 0. The molecule has 1 fully saturated rings. The molecule has 3 nitrogen and oxygen atoms in total. The molecule has 2 N–H and O–H groups in total. The van der Waals surface area contributed by atoms with Gasteiger partial charge in [-0.1, -0.05) is 6.92 Å². The van der Waals surface area contributed by atoms with Crippen LogP contribution in [0.3, 0.4) is 0 Å². The Morgan fingerprint density at radius 3 is 2.58 bits per heavy atom. The van der Waals surface area contributed by atoms with E-state index in [1.807, 2.05) is 24.3 Å². The van der Waals surface area contributed by atoms with Crippen molar-refractivity contribution in [3.05, 3.63) is 29.8 Å². The number of hydrogen-bond donors (Lipinski definition) is 1. The largest absolute Gasteiger partial charge is 0.490 e. The molecular weight excluding hydrogens is 238 g/mol. The summed E-state index contributed by atoms with van der Waals surface area (Å²) < 4.78 is 5.66. The van der Waals surface area contributed by atoms with E-state index in [9.17, 15) is 4.79 Å². The Kier molecular flexibility index (Phi) is 4.97. The van der Waals surface area contributed by atoms with E-state index < -0.39 is 0 Å². The maximum Gasteiger partial charge on any atom is 0.162 e. The highest BCUT2D eigenvalue weighted by molar-refractivity contribution is 5.96. The van der Waals surface area contributed by atoms with E-state index in [1.165, 1.54) is 0 Å². The number of ketones is 1. The topological polar surface area (TPSA) is 52.3 Å². The molecule has 1 saturated carbocycles. The average molecular weight is 261 g/mol. The van der Waals surface area contributed by atoms with E-state index in [0.29, 0.717) is 25.0 Å². The van der Waals surface area contributed by atoms with E-state index in [4.69, 9.17) is 10.5 Å². The molecule has 1 aliphatic rings. The smallest absolute Gasteiger partial charge is 0.162 e. The highest BCUT2D eigenvalue weighted by Crippen LogP contribution is 2.27. The van der Waals surface area contributed by atoms with Crippen molar-refractivity contribution in [2.24, 2.45) is 11.7 Å². The van der Waals surface area contributed by atoms with Crippen LogP contribution in [0.4, 0.5) is 0 Å². The quantitative estimate of drug-likeness (QED) is 0.731. The lowest BCUT2D eigenvalue weighted by Gasteiger charge is -2.09. The van der Waals surface area contributed by atoms with Crippen LogP contribution in [-0.4, -0.2) is 18.4 Å². The first kappa shape index (κ1) is 14.1. The van der Waals surface area contributed by atoms with E-state index in [0.717, 1.165) is 37.0 Å². The van der Waals surface area contributed by atoms with Gasteiger partial charge in [0.1, 0.15) is 5.75 Å². The predicted molar refractivity (Wildman–Crippen MR) is 76.5 cm³/mol. The zero-order valence-electron chi connectivity index (χ0n) is 11.6. The number of rotatable bonds is 8. The summed E-state index contributed by atoms with van der Waals surface area (Å²) >= 11 is 0. The zero-order valence-corrected chi connectivity index (χ0v) is 11.6. The molecule has 0 radical (unpaired) electrons. The number of ether oxygens (including phenoxy) is 1. The van der Waals surface area contributed by atoms with Crippen LogP contribution in [0, 0.1) is 5.92 Å². The van der Waals surface area contributed by atoms with Gasteiger partial charge in [0.2, 0.25) is 0 Å². The summed E-state index contributed by atoms with van der Waals surface area (Å²) in [5, 5.41) is 0. The molecule has 1 aromatic rings. The minimum absolute atomic E-state index is 0.210. The number of hydrogen-bond acceptors (Lipinski definition) is 3. The van der Waals surface area contributed by atoms with Crippen LogP contribution in [0.2, 0.25) is 0 Å². The van der Waals surface area contributed by atoms with E-state index >= 15 is 0 Å². The Labute approximate surface area is 115 Å². The summed E-state index contributed by atoms with van der Waals surface area (Å²) in [6.07, 6.45) is 5.21. The first-order valence-electron chi connectivity index (χ1n) is 7.19. The molecule has 3 heteroatoms. The van der Waals surface area contributed by atoms with Gasteiger partial charge in [-0.3, -0.25) is 4.79 Å².